The number of carbonyl (C=O) groups is 1. The normalized spacial score (nSPS) is 12.6. The van der Waals surface area contributed by atoms with Crippen molar-refractivity contribution in [1.82, 2.24) is 10.3 Å². The van der Waals surface area contributed by atoms with Crippen LogP contribution in [0, 0.1) is 16.4 Å². The lowest BCUT2D eigenvalue weighted by Gasteiger charge is -2.17. The zero-order chi connectivity index (χ0) is 13.2. The van der Waals surface area contributed by atoms with E-state index < -0.39 is 0 Å². The zero-order valence-corrected chi connectivity index (χ0v) is 12.6. The Balaban J connectivity index is 2.98. The molecular weight excluding hydrogens is 331 g/mol. The first kappa shape index (κ1) is 14.2. The molecule has 1 aromatic heterocycles. The van der Waals surface area contributed by atoms with Gasteiger partial charge >= 0.3 is 0 Å². The molecule has 0 aliphatic heterocycles. The Hall–Kier alpha value is -0.850. The Morgan fingerprint density at radius 3 is 2.53 bits per heavy atom. The molecule has 94 valence electrons. The fraction of sp³-hybridized carbons (Fsp3) is 0.500. The fourth-order valence-electron chi connectivity index (χ4n) is 1.22. The van der Waals surface area contributed by atoms with E-state index >= 15 is 0 Å². The molecule has 1 heterocycles. The summed E-state index contributed by atoms with van der Waals surface area (Å²) in [6.07, 6.45) is 0. The number of amides is 1. The number of carbonyl (C=O) groups excluding carboxylic acids is 1. The second-order valence-corrected chi connectivity index (χ2v) is 5.65. The average Bonchev–Trinajstić information content (AvgIpc) is 2.22. The van der Waals surface area contributed by atoms with E-state index in [2.05, 4.69) is 32.9 Å². The Bertz CT molecular complexity index is 480. The molecule has 0 radical (unpaired) electrons. The second-order valence-electron chi connectivity index (χ2n) is 4.49. The number of hydrogen-bond donors (Lipinski definition) is 2. The van der Waals surface area contributed by atoms with Gasteiger partial charge in [0, 0.05) is 15.3 Å². The number of H-pyrrole nitrogens is 1. The number of rotatable bonds is 3. The summed E-state index contributed by atoms with van der Waals surface area (Å²) in [5.41, 5.74) is 0.618. The number of aromatic nitrogens is 1. The third-order valence-corrected chi connectivity index (χ3v) is 3.90. The fourth-order valence-corrected chi connectivity index (χ4v) is 1.66. The molecule has 0 saturated heterocycles. The smallest absolute Gasteiger partial charge is 0.261 e. The third kappa shape index (κ3) is 3.55. The van der Waals surface area contributed by atoms with Gasteiger partial charge in [0.1, 0.15) is 5.56 Å². The maximum atomic E-state index is 11.9. The standard InChI is InChI=1S/C12H17IN2O2/c1-6(2)7(3)14-11(16)9-5-10(13)8(4)15-12(9)17/h5-7H,1-4H3,(H,14,16)(H,15,17)/t7-/m1/s1. The Labute approximate surface area is 114 Å². The first-order valence-electron chi connectivity index (χ1n) is 5.53. The molecule has 0 aliphatic carbocycles. The Kier molecular flexibility index (Phi) is 4.73. The molecule has 1 aromatic rings. The van der Waals surface area contributed by atoms with Gasteiger partial charge in [-0.15, -0.1) is 0 Å². The second kappa shape index (κ2) is 5.66. The van der Waals surface area contributed by atoms with Crippen LogP contribution in [0.15, 0.2) is 10.9 Å². The van der Waals surface area contributed by atoms with E-state index in [4.69, 9.17) is 0 Å². The highest BCUT2D eigenvalue weighted by Crippen LogP contribution is 2.08. The van der Waals surface area contributed by atoms with Gasteiger partial charge in [-0.2, -0.15) is 0 Å². The number of aryl methyl sites for hydroxylation is 1. The molecule has 2 N–H and O–H groups in total. The third-order valence-electron chi connectivity index (χ3n) is 2.78. The summed E-state index contributed by atoms with van der Waals surface area (Å²) in [5.74, 6) is 0.0212. The highest BCUT2D eigenvalue weighted by atomic mass is 127. The summed E-state index contributed by atoms with van der Waals surface area (Å²) >= 11 is 2.10. The van der Waals surface area contributed by atoms with Gasteiger partial charge in [-0.3, -0.25) is 9.59 Å². The quantitative estimate of drug-likeness (QED) is 0.822. The molecule has 4 nitrogen and oxygen atoms in total. The minimum absolute atomic E-state index is 0.0425. The van der Waals surface area contributed by atoms with Crippen LogP contribution in [-0.4, -0.2) is 16.9 Å². The molecule has 0 aliphatic rings. The molecule has 1 amide bonds. The van der Waals surface area contributed by atoms with Crippen molar-refractivity contribution in [3.8, 4) is 0 Å². The van der Waals surface area contributed by atoms with E-state index in [0.29, 0.717) is 5.92 Å². The molecule has 17 heavy (non-hydrogen) atoms. The van der Waals surface area contributed by atoms with Crippen molar-refractivity contribution in [2.75, 3.05) is 0 Å². The monoisotopic (exact) mass is 348 g/mol. The summed E-state index contributed by atoms with van der Waals surface area (Å²) in [7, 11) is 0. The van der Waals surface area contributed by atoms with Gasteiger partial charge in [-0.05, 0) is 48.4 Å². The van der Waals surface area contributed by atoms with Crippen LogP contribution in [0.3, 0.4) is 0 Å². The van der Waals surface area contributed by atoms with Gasteiger partial charge < -0.3 is 10.3 Å². The van der Waals surface area contributed by atoms with Gasteiger partial charge in [0.05, 0.1) is 0 Å². The summed E-state index contributed by atoms with van der Waals surface area (Å²) in [5, 5.41) is 2.82. The van der Waals surface area contributed by atoms with Crippen LogP contribution in [0.1, 0.15) is 36.8 Å². The predicted octanol–water partition coefficient (Wildman–Crippen LogP) is 2.06. The SMILES string of the molecule is Cc1[nH]c(=O)c(C(=O)N[C@H](C)C(C)C)cc1I. The van der Waals surface area contributed by atoms with Crippen LogP contribution in [0.4, 0.5) is 0 Å². The largest absolute Gasteiger partial charge is 0.349 e. The van der Waals surface area contributed by atoms with Crippen LogP contribution in [0.5, 0.6) is 0 Å². The summed E-state index contributed by atoms with van der Waals surface area (Å²) in [6, 6.07) is 1.66. The number of pyridine rings is 1. The zero-order valence-electron chi connectivity index (χ0n) is 10.4. The van der Waals surface area contributed by atoms with Crippen molar-refractivity contribution in [3.63, 3.8) is 0 Å². The van der Waals surface area contributed by atoms with Gasteiger partial charge in [0.15, 0.2) is 0 Å². The van der Waals surface area contributed by atoms with Crippen LogP contribution < -0.4 is 10.9 Å². The Morgan fingerprint density at radius 2 is 2.00 bits per heavy atom. The van der Waals surface area contributed by atoms with Crippen molar-refractivity contribution in [1.29, 1.82) is 0 Å². The maximum Gasteiger partial charge on any atom is 0.261 e. The highest BCUT2D eigenvalue weighted by Gasteiger charge is 2.16. The molecule has 5 heteroatoms. The minimum atomic E-state index is -0.337. The summed E-state index contributed by atoms with van der Waals surface area (Å²) in [6.45, 7) is 7.78. The predicted molar refractivity (Wildman–Crippen MR) is 76.3 cm³/mol. The average molecular weight is 348 g/mol. The maximum absolute atomic E-state index is 11.9. The van der Waals surface area contributed by atoms with Crippen LogP contribution in [0.2, 0.25) is 0 Å². The lowest BCUT2D eigenvalue weighted by atomic mass is 10.1. The van der Waals surface area contributed by atoms with E-state index in [1.807, 2.05) is 27.7 Å². The van der Waals surface area contributed by atoms with E-state index in [9.17, 15) is 9.59 Å². The molecular formula is C12H17IN2O2. The van der Waals surface area contributed by atoms with Crippen molar-refractivity contribution in [2.45, 2.75) is 33.7 Å². The van der Waals surface area contributed by atoms with Crippen LogP contribution in [-0.2, 0) is 0 Å². The van der Waals surface area contributed by atoms with Gasteiger partial charge in [0.25, 0.3) is 11.5 Å². The number of nitrogens with one attached hydrogen (secondary N) is 2. The van der Waals surface area contributed by atoms with E-state index in [0.717, 1.165) is 9.26 Å². The molecule has 1 atom stereocenters. The molecule has 0 aromatic carbocycles. The molecule has 0 saturated carbocycles. The van der Waals surface area contributed by atoms with Crippen molar-refractivity contribution >= 4 is 28.5 Å². The molecule has 0 spiro atoms. The minimum Gasteiger partial charge on any atom is -0.349 e. The highest BCUT2D eigenvalue weighted by molar-refractivity contribution is 14.1. The lowest BCUT2D eigenvalue weighted by Crippen LogP contribution is -2.38. The molecule has 0 bridgehead atoms. The van der Waals surface area contributed by atoms with Crippen molar-refractivity contribution in [3.05, 3.63) is 31.2 Å². The molecule has 1 rings (SSSR count). The van der Waals surface area contributed by atoms with Crippen LogP contribution in [0.25, 0.3) is 0 Å². The number of halogens is 1. The number of hydrogen-bond acceptors (Lipinski definition) is 2. The van der Waals surface area contributed by atoms with Gasteiger partial charge in [-0.1, -0.05) is 13.8 Å². The van der Waals surface area contributed by atoms with E-state index in [-0.39, 0.29) is 23.1 Å². The summed E-state index contributed by atoms with van der Waals surface area (Å²) < 4.78 is 0.879. The molecule has 0 fully saturated rings. The first-order chi connectivity index (χ1) is 7.82. The van der Waals surface area contributed by atoms with Crippen molar-refractivity contribution < 1.29 is 4.79 Å². The number of aromatic amines is 1. The van der Waals surface area contributed by atoms with E-state index in [1.54, 1.807) is 6.07 Å². The van der Waals surface area contributed by atoms with Crippen molar-refractivity contribution in [2.24, 2.45) is 5.92 Å². The first-order valence-corrected chi connectivity index (χ1v) is 6.61. The van der Waals surface area contributed by atoms with Gasteiger partial charge in [-0.25, -0.2) is 0 Å². The topological polar surface area (TPSA) is 62.0 Å². The van der Waals surface area contributed by atoms with E-state index in [1.165, 1.54) is 0 Å². The summed E-state index contributed by atoms with van der Waals surface area (Å²) in [4.78, 5) is 26.2. The Morgan fingerprint density at radius 1 is 1.41 bits per heavy atom. The molecule has 0 unspecified atom stereocenters. The van der Waals surface area contributed by atoms with Gasteiger partial charge in [0.2, 0.25) is 0 Å². The lowest BCUT2D eigenvalue weighted by molar-refractivity contribution is 0.0929. The van der Waals surface area contributed by atoms with Crippen LogP contribution >= 0.6 is 22.6 Å².